The fourth-order valence-electron chi connectivity index (χ4n) is 5.45. The Labute approximate surface area is 286 Å². The van der Waals surface area contributed by atoms with E-state index in [9.17, 15) is 46.2 Å². The first-order chi connectivity index (χ1) is 24.0. The van der Waals surface area contributed by atoms with Crippen LogP contribution in [0, 0.1) is 29.1 Å². The number of esters is 1. The normalized spacial score (nSPS) is 19.8. The van der Waals surface area contributed by atoms with E-state index in [1.165, 1.54) is 0 Å². The predicted molar refractivity (Wildman–Crippen MR) is 164 cm³/mol. The van der Waals surface area contributed by atoms with Gasteiger partial charge in [-0.05, 0) is 32.1 Å². The zero-order chi connectivity index (χ0) is 36.5. The van der Waals surface area contributed by atoms with Gasteiger partial charge in [0.25, 0.3) is 0 Å². The van der Waals surface area contributed by atoms with Crippen LogP contribution in [-0.2, 0) is 33.3 Å². The minimum absolute atomic E-state index is 0.0597. The summed E-state index contributed by atoms with van der Waals surface area (Å²) in [6.07, 6.45) is 5.30. The first kappa shape index (κ1) is 40.9. The molecule has 4 atom stereocenters. The molecule has 0 unspecified atom stereocenters. The molecule has 2 amide bonds. The lowest BCUT2D eigenvalue weighted by Gasteiger charge is -2.34. The van der Waals surface area contributed by atoms with Gasteiger partial charge >= 0.3 is 12.1 Å². The van der Waals surface area contributed by atoms with Crippen LogP contribution in [0.4, 0.5) is 26.7 Å². The number of carbonyl (C=O) groups excluding carboxylic acids is 4. The summed E-state index contributed by atoms with van der Waals surface area (Å²) in [7, 11) is 0. The fourth-order valence-corrected chi connectivity index (χ4v) is 5.45. The smallest absolute Gasteiger partial charge is 0.427 e. The lowest BCUT2D eigenvalue weighted by molar-refractivity contribution is -0.237. The van der Waals surface area contributed by atoms with E-state index in [4.69, 9.17) is 18.9 Å². The second-order valence-electron chi connectivity index (χ2n) is 12.1. The van der Waals surface area contributed by atoms with Gasteiger partial charge in [-0.15, -0.1) is 0 Å². The van der Waals surface area contributed by atoms with E-state index in [0.717, 1.165) is 38.5 Å². The van der Waals surface area contributed by atoms with E-state index in [-0.39, 0.29) is 24.8 Å². The second-order valence-corrected chi connectivity index (χ2v) is 12.1. The fraction of sp³-hybridized carbons (Fsp3) is 0.697. The molecule has 0 saturated carbocycles. The Kier molecular flexibility index (Phi) is 17.7. The highest BCUT2D eigenvalue weighted by Gasteiger charge is 2.48. The van der Waals surface area contributed by atoms with Crippen LogP contribution < -0.4 is 15.4 Å². The van der Waals surface area contributed by atoms with Crippen molar-refractivity contribution in [1.29, 1.82) is 0 Å². The Morgan fingerprint density at radius 2 is 1.22 bits per heavy atom. The van der Waals surface area contributed by atoms with Gasteiger partial charge in [-0.1, -0.05) is 38.5 Å². The quantitative estimate of drug-likeness (QED) is 0.0350. The molecule has 2 heterocycles. The summed E-state index contributed by atoms with van der Waals surface area (Å²) in [5.74, 6) is -13.9. The summed E-state index contributed by atoms with van der Waals surface area (Å²) in [5, 5.41) is 15.1. The van der Waals surface area contributed by atoms with E-state index in [0.29, 0.717) is 71.1 Å². The van der Waals surface area contributed by atoms with Crippen molar-refractivity contribution in [2.45, 2.75) is 121 Å². The number of hydrogen-bond donors (Lipinski definition) is 3. The summed E-state index contributed by atoms with van der Waals surface area (Å²) in [5.41, 5.74) is 0. The molecule has 0 radical (unpaired) electrons. The first-order valence-corrected chi connectivity index (χ1v) is 17.0. The number of fused-ring (bicyclic) bond motifs is 1. The lowest BCUT2D eigenvalue weighted by atomic mass is 10.0. The Morgan fingerprint density at radius 1 is 0.700 bits per heavy atom. The van der Waals surface area contributed by atoms with Crippen LogP contribution in [0.15, 0.2) is 0 Å². The molecule has 3 N–H and O–H groups in total. The maximum absolute atomic E-state index is 13.6. The molecule has 0 spiro atoms. The molecule has 1 aromatic carbocycles. The highest BCUT2D eigenvalue weighted by molar-refractivity contribution is 5.76. The van der Waals surface area contributed by atoms with Gasteiger partial charge in [0, 0.05) is 45.4 Å². The Hall–Kier alpha value is -3.57. The van der Waals surface area contributed by atoms with E-state index in [1.54, 1.807) is 0 Å². The molecule has 2 aliphatic rings. The van der Waals surface area contributed by atoms with Gasteiger partial charge in [-0.25, -0.2) is 18.0 Å². The van der Waals surface area contributed by atoms with Gasteiger partial charge in [-0.3, -0.25) is 14.4 Å². The average molecular weight is 725 g/mol. The minimum atomic E-state index is -2.32. The maximum Gasteiger partial charge on any atom is 0.509 e. The van der Waals surface area contributed by atoms with Gasteiger partial charge in [0.1, 0.15) is 12.2 Å². The number of rotatable bonds is 23. The van der Waals surface area contributed by atoms with Crippen LogP contribution in [0.1, 0.15) is 96.3 Å². The minimum Gasteiger partial charge on any atom is -0.427 e. The van der Waals surface area contributed by atoms with Crippen LogP contribution in [0.3, 0.4) is 0 Å². The van der Waals surface area contributed by atoms with Crippen LogP contribution in [0.2, 0.25) is 0 Å². The van der Waals surface area contributed by atoms with Crippen LogP contribution in [0.25, 0.3) is 0 Å². The lowest BCUT2D eigenvalue weighted by Crippen LogP contribution is -2.49. The topological polar surface area (TPSA) is 159 Å². The van der Waals surface area contributed by atoms with E-state index >= 15 is 0 Å². The molecule has 282 valence electrons. The van der Waals surface area contributed by atoms with Crippen molar-refractivity contribution in [3.8, 4) is 5.75 Å². The number of aliphatic hydroxyl groups excluding tert-OH is 1. The number of hydrogen-bond acceptors (Lipinski definition) is 10. The summed E-state index contributed by atoms with van der Waals surface area (Å²) < 4.78 is 92.4. The maximum atomic E-state index is 13.6. The molecule has 0 aliphatic carbocycles. The summed E-state index contributed by atoms with van der Waals surface area (Å²) in [6.45, 7) is 0.882. The summed E-state index contributed by atoms with van der Waals surface area (Å²) in [4.78, 5) is 47.2. The number of nitrogens with one attached hydrogen (secondary N) is 2. The van der Waals surface area contributed by atoms with Gasteiger partial charge in [0.15, 0.2) is 12.4 Å². The number of amides is 2. The second kappa shape index (κ2) is 21.6. The Morgan fingerprint density at radius 3 is 1.80 bits per heavy atom. The van der Waals surface area contributed by atoms with Gasteiger partial charge in [-0.2, -0.15) is 8.78 Å². The highest BCUT2D eigenvalue weighted by Crippen LogP contribution is 2.31. The molecule has 2 saturated heterocycles. The molecule has 12 nitrogen and oxygen atoms in total. The molecular formula is C33H45F5N2O10. The van der Waals surface area contributed by atoms with E-state index in [1.807, 2.05) is 0 Å². The van der Waals surface area contributed by atoms with E-state index < -0.39 is 71.6 Å². The number of halogens is 5. The third-order valence-electron chi connectivity index (χ3n) is 8.16. The van der Waals surface area contributed by atoms with Gasteiger partial charge in [0.05, 0.1) is 6.61 Å². The molecule has 0 aromatic heterocycles. The standard InChI is InChI=1S/C33H45F5N2O10/c34-26-27(35)29(37)32(30(38)28(26)36)49-24(44)14-8-6-4-2-1-3-5-7-12-22(42)39-15-11-16-40-23(43)13-9-10-17-46-25-18-20-31(21(19-41)47-25)50-33(45)48-20/h20-21,25,31,41H,1-19H2,(H,39,42)(H,40,43)/t20-,21-,25-,31-/m1/s1. The summed E-state index contributed by atoms with van der Waals surface area (Å²) in [6, 6.07) is 0. The van der Waals surface area contributed by atoms with Gasteiger partial charge in [0.2, 0.25) is 46.6 Å². The van der Waals surface area contributed by atoms with Crippen molar-refractivity contribution < 1.29 is 69.9 Å². The molecule has 50 heavy (non-hydrogen) atoms. The van der Waals surface area contributed by atoms with Crippen molar-refractivity contribution >= 4 is 23.9 Å². The van der Waals surface area contributed by atoms with Crippen molar-refractivity contribution in [3.05, 3.63) is 29.1 Å². The van der Waals surface area contributed by atoms with Crippen LogP contribution in [-0.4, -0.2) is 80.0 Å². The molecule has 2 fully saturated rings. The number of benzene rings is 1. The number of aliphatic hydroxyl groups is 1. The first-order valence-electron chi connectivity index (χ1n) is 17.0. The number of ether oxygens (including phenoxy) is 5. The highest BCUT2D eigenvalue weighted by atomic mass is 19.2. The van der Waals surface area contributed by atoms with Crippen molar-refractivity contribution in [3.63, 3.8) is 0 Å². The van der Waals surface area contributed by atoms with Crippen molar-refractivity contribution in [1.82, 2.24) is 10.6 Å². The molecule has 17 heteroatoms. The molecule has 1 aromatic rings. The SMILES string of the molecule is O=C(CCCCCCCCCCC(=O)Oc1c(F)c(F)c(F)c(F)c1F)NCCCNC(=O)CCCCO[C@H]1C[C@H]2OC(=O)O[C@H]2[C@@H](CO)O1. The third kappa shape index (κ3) is 13.3. The number of carbonyl (C=O) groups is 4. The Bertz CT molecular complexity index is 1260. The zero-order valence-corrected chi connectivity index (χ0v) is 27.8. The zero-order valence-electron chi connectivity index (χ0n) is 27.8. The summed E-state index contributed by atoms with van der Waals surface area (Å²) >= 11 is 0. The molecule has 3 rings (SSSR count). The van der Waals surface area contributed by atoms with Crippen molar-refractivity contribution in [2.75, 3.05) is 26.3 Å². The van der Waals surface area contributed by atoms with Crippen LogP contribution in [0.5, 0.6) is 5.75 Å². The average Bonchev–Trinajstić information content (AvgIpc) is 3.48. The Balaban J connectivity index is 1.07. The molecular weight excluding hydrogens is 679 g/mol. The largest absolute Gasteiger partial charge is 0.509 e. The monoisotopic (exact) mass is 724 g/mol. The third-order valence-corrected chi connectivity index (χ3v) is 8.16. The van der Waals surface area contributed by atoms with Gasteiger partial charge < -0.3 is 39.4 Å². The predicted octanol–water partition coefficient (Wildman–Crippen LogP) is 5.01. The van der Waals surface area contributed by atoms with E-state index in [2.05, 4.69) is 15.4 Å². The van der Waals surface area contributed by atoms with Crippen LogP contribution >= 0.6 is 0 Å². The molecule has 0 bridgehead atoms. The number of unbranched alkanes of at least 4 members (excludes halogenated alkanes) is 8. The molecule has 2 aliphatic heterocycles. The van der Waals surface area contributed by atoms with Crippen molar-refractivity contribution in [2.24, 2.45) is 0 Å².